The summed E-state index contributed by atoms with van der Waals surface area (Å²) in [6.45, 7) is 6.88. The summed E-state index contributed by atoms with van der Waals surface area (Å²) in [4.78, 5) is 0. The molecule has 0 spiro atoms. The van der Waals surface area contributed by atoms with Crippen molar-refractivity contribution in [1.82, 2.24) is 0 Å². The van der Waals surface area contributed by atoms with Gasteiger partial charge in [0.05, 0.1) is 0 Å². The first kappa shape index (κ1) is 16.1. The van der Waals surface area contributed by atoms with Crippen LogP contribution in [0.3, 0.4) is 0 Å². The van der Waals surface area contributed by atoms with Gasteiger partial charge in [-0.2, -0.15) is 0 Å². The number of benzene rings is 2. The largest absolute Gasteiger partial charge is 0.0654 e. The number of allylic oxidation sites excluding steroid dienone is 1. The second kappa shape index (κ2) is 7.17. The third-order valence-electron chi connectivity index (χ3n) is 4.75. The molecule has 23 heavy (non-hydrogen) atoms. The molecule has 0 saturated heterocycles. The van der Waals surface area contributed by atoms with Crippen LogP contribution in [0.4, 0.5) is 0 Å². The van der Waals surface area contributed by atoms with E-state index >= 15 is 0 Å². The number of hydrogen-bond donors (Lipinski definition) is 0. The van der Waals surface area contributed by atoms with Gasteiger partial charge in [-0.15, -0.1) is 0 Å². The van der Waals surface area contributed by atoms with Gasteiger partial charge >= 0.3 is 0 Å². The summed E-state index contributed by atoms with van der Waals surface area (Å²) in [6, 6.07) is 15.8. The van der Waals surface area contributed by atoms with Gasteiger partial charge in [0.25, 0.3) is 0 Å². The third-order valence-corrected chi connectivity index (χ3v) is 4.75. The first-order chi connectivity index (χ1) is 11.2. The van der Waals surface area contributed by atoms with Crippen molar-refractivity contribution in [3.8, 4) is 11.1 Å². The highest BCUT2D eigenvalue weighted by Gasteiger charge is 2.17. The van der Waals surface area contributed by atoms with Crippen molar-refractivity contribution in [2.24, 2.45) is 5.92 Å². The second-order valence-electron chi connectivity index (χ2n) is 7.22. The van der Waals surface area contributed by atoms with Crippen LogP contribution in [0, 0.1) is 5.92 Å². The highest BCUT2D eigenvalue weighted by Crippen LogP contribution is 2.37. The van der Waals surface area contributed by atoms with Crippen LogP contribution in [0.5, 0.6) is 0 Å². The van der Waals surface area contributed by atoms with Gasteiger partial charge in [0.1, 0.15) is 0 Å². The van der Waals surface area contributed by atoms with Crippen LogP contribution < -0.4 is 0 Å². The van der Waals surface area contributed by atoms with E-state index in [1.54, 1.807) is 5.57 Å². The van der Waals surface area contributed by atoms with Gasteiger partial charge in [-0.1, -0.05) is 81.3 Å². The zero-order valence-electron chi connectivity index (χ0n) is 14.7. The molecule has 0 heteroatoms. The van der Waals surface area contributed by atoms with Gasteiger partial charge in [0, 0.05) is 0 Å². The lowest BCUT2D eigenvalue weighted by molar-refractivity contribution is 0.648. The smallest absolute Gasteiger partial charge is 0.00576 e. The van der Waals surface area contributed by atoms with E-state index in [1.807, 2.05) is 0 Å². The van der Waals surface area contributed by atoms with Crippen molar-refractivity contribution < 1.29 is 0 Å². The molecule has 0 radical (unpaired) electrons. The zero-order chi connectivity index (χ0) is 16.2. The molecule has 0 amide bonds. The summed E-state index contributed by atoms with van der Waals surface area (Å²) in [5.41, 5.74) is 8.90. The summed E-state index contributed by atoms with van der Waals surface area (Å²) in [6.07, 6.45) is 8.59. The monoisotopic (exact) mass is 304 g/mol. The van der Waals surface area contributed by atoms with E-state index in [9.17, 15) is 0 Å². The minimum absolute atomic E-state index is 0.684. The highest BCUT2D eigenvalue weighted by molar-refractivity contribution is 5.82. The van der Waals surface area contributed by atoms with Gasteiger partial charge in [0.2, 0.25) is 0 Å². The average Bonchev–Trinajstić information content (AvgIpc) is 2.96. The van der Waals surface area contributed by atoms with E-state index in [4.69, 9.17) is 0 Å². The Morgan fingerprint density at radius 3 is 2.52 bits per heavy atom. The predicted molar refractivity (Wildman–Crippen MR) is 102 cm³/mol. The maximum atomic E-state index is 2.46. The standard InChI is InChI=1S/C23H28/c1-4-5-9-18-15-20-11-8-13-22(23(20)16-18)21-12-7-6-10-19(21)14-17(2)3/h6-8,10-13,16-17H,4-5,9,14-15H2,1-3H3. The van der Waals surface area contributed by atoms with Gasteiger partial charge in [-0.25, -0.2) is 0 Å². The normalized spacial score (nSPS) is 13.3. The Labute approximate surface area is 141 Å². The molecule has 2 aromatic rings. The topological polar surface area (TPSA) is 0 Å². The van der Waals surface area contributed by atoms with Crippen LogP contribution in [0.15, 0.2) is 48.0 Å². The minimum Gasteiger partial charge on any atom is -0.0654 e. The lowest BCUT2D eigenvalue weighted by Gasteiger charge is -2.14. The second-order valence-corrected chi connectivity index (χ2v) is 7.22. The van der Waals surface area contributed by atoms with Crippen LogP contribution in [0.2, 0.25) is 0 Å². The fourth-order valence-corrected chi connectivity index (χ4v) is 3.64. The summed E-state index contributed by atoms with van der Waals surface area (Å²) in [7, 11) is 0. The Morgan fingerprint density at radius 1 is 0.957 bits per heavy atom. The van der Waals surface area contributed by atoms with Gasteiger partial charge in [-0.3, -0.25) is 0 Å². The fourth-order valence-electron chi connectivity index (χ4n) is 3.64. The van der Waals surface area contributed by atoms with E-state index in [0.717, 1.165) is 12.8 Å². The number of hydrogen-bond acceptors (Lipinski definition) is 0. The van der Waals surface area contributed by atoms with E-state index in [0.29, 0.717) is 5.92 Å². The maximum Gasteiger partial charge on any atom is -0.00576 e. The van der Waals surface area contributed by atoms with E-state index in [-0.39, 0.29) is 0 Å². The molecule has 0 atom stereocenters. The third kappa shape index (κ3) is 3.58. The van der Waals surface area contributed by atoms with Crippen LogP contribution in [-0.4, -0.2) is 0 Å². The summed E-state index contributed by atoms with van der Waals surface area (Å²) >= 11 is 0. The van der Waals surface area contributed by atoms with Crippen LogP contribution in [0.1, 0.15) is 56.7 Å². The molecule has 3 rings (SSSR count). The molecule has 0 aliphatic heterocycles. The van der Waals surface area contributed by atoms with Crippen molar-refractivity contribution in [1.29, 1.82) is 0 Å². The van der Waals surface area contributed by atoms with Crippen molar-refractivity contribution in [2.45, 2.75) is 52.9 Å². The van der Waals surface area contributed by atoms with Gasteiger partial charge in [0.15, 0.2) is 0 Å². The molecular weight excluding hydrogens is 276 g/mol. The summed E-state index contributed by atoms with van der Waals surface area (Å²) < 4.78 is 0. The van der Waals surface area contributed by atoms with Crippen molar-refractivity contribution in [3.63, 3.8) is 0 Å². The molecule has 0 bridgehead atoms. The summed E-state index contributed by atoms with van der Waals surface area (Å²) in [5.74, 6) is 0.684. The molecule has 0 unspecified atom stereocenters. The molecule has 0 N–H and O–H groups in total. The lowest BCUT2D eigenvalue weighted by Crippen LogP contribution is -1.98. The van der Waals surface area contributed by atoms with E-state index in [1.165, 1.54) is 47.1 Å². The van der Waals surface area contributed by atoms with Crippen LogP contribution in [-0.2, 0) is 12.8 Å². The lowest BCUT2D eigenvalue weighted by atomic mass is 9.90. The molecule has 0 heterocycles. The Kier molecular flexibility index (Phi) is 5.00. The highest BCUT2D eigenvalue weighted by atomic mass is 14.2. The first-order valence-corrected chi connectivity index (χ1v) is 9.08. The number of rotatable bonds is 6. The van der Waals surface area contributed by atoms with Crippen LogP contribution in [0.25, 0.3) is 17.2 Å². The molecule has 0 aromatic heterocycles. The van der Waals surface area contributed by atoms with Crippen molar-refractivity contribution in [2.75, 3.05) is 0 Å². The SMILES string of the molecule is CCCCC1=Cc2c(cccc2-c2ccccc2CC(C)C)C1. The van der Waals surface area contributed by atoms with Crippen molar-refractivity contribution >= 4 is 6.08 Å². The molecular formula is C23H28. The minimum atomic E-state index is 0.684. The quantitative estimate of drug-likeness (QED) is 0.558. The van der Waals surface area contributed by atoms with Crippen LogP contribution >= 0.6 is 0 Å². The average molecular weight is 304 g/mol. The zero-order valence-corrected chi connectivity index (χ0v) is 14.7. The Hall–Kier alpha value is -1.82. The Morgan fingerprint density at radius 2 is 1.74 bits per heavy atom. The van der Waals surface area contributed by atoms with E-state index < -0.39 is 0 Å². The van der Waals surface area contributed by atoms with Crippen molar-refractivity contribution in [3.05, 3.63) is 64.7 Å². The molecule has 120 valence electrons. The van der Waals surface area contributed by atoms with Gasteiger partial charge < -0.3 is 0 Å². The Bertz CT molecular complexity index is 704. The number of fused-ring (bicyclic) bond motifs is 1. The summed E-state index contributed by atoms with van der Waals surface area (Å²) in [5, 5.41) is 0. The first-order valence-electron chi connectivity index (χ1n) is 9.08. The Balaban J connectivity index is 2.00. The molecule has 2 aromatic carbocycles. The molecule has 0 fully saturated rings. The number of unbranched alkanes of at least 4 members (excludes halogenated alkanes) is 1. The molecule has 0 nitrogen and oxygen atoms in total. The predicted octanol–water partition coefficient (Wildman–Crippen LogP) is 6.68. The molecule has 1 aliphatic carbocycles. The van der Waals surface area contributed by atoms with E-state index in [2.05, 4.69) is 69.3 Å². The maximum absolute atomic E-state index is 2.46. The molecule has 1 aliphatic rings. The fraction of sp³-hybridized carbons (Fsp3) is 0.391. The molecule has 0 saturated carbocycles. The van der Waals surface area contributed by atoms with Gasteiger partial charge in [-0.05, 0) is 59.4 Å².